The van der Waals surface area contributed by atoms with Crippen molar-refractivity contribution in [3.05, 3.63) is 57.8 Å². The quantitative estimate of drug-likeness (QED) is 0.362. The van der Waals surface area contributed by atoms with Gasteiger partial charge in [-0.2, -0.15) is 0 Å². The number of Topliss-reactive ketones (excluding diaryl/α,β-unsaturated/α-hetero) is 2. The normalized spacial score (nSPS) is 21.6. The van der Waals surface area contributed by atoms with Gasteiger partial charge in [0.1, 0.15) is 22.1 Å². The van der Waals surface area contributed by atoms with Crippen molar-refractivity contribution < 1.29 is 38.8 Å². The third kappa shape index (κ3) is 5.04. The zero-order chi connectivity index (χ0) is 29.4. The second-order valence-corrected chi connectivity index (χ2v) is 11.2. The van der Waals surface area contributed by atoms with E-state index in [2.05, 4.69) is 5.32 Å². The minimum absolute atomic E-state index is 0.00878. The van der Waals surface area contributed by atoms with Crippen LogP contribution in [0.5, 0.6) is 17.2 Å². The van der Waals surface area contributed by atoms with Crippen molar-refractivity contribution in [1.82, 2.24) is 5.32 Å². The van der Waals surface area contributed by atoms with Gasteiger partial charge in [-0.15, -0.1) is 11.8 Å². The first kappa shape index (κ1) is 29.8. The van der Waals surface area contributed by atoms with E-state index in [-0.39, 0.29) is 52.8 Å². The molecule has 4 unspecified atom stereocenters. The average molecular weight is 590 g/mol. The standard InChI is InChI=1S/C29H32ClNO8S/c1-14-10-19(33)23(18(11-22(34)31-13-15(2)32)16-6-8-17(40-5)9-7-16)27(35)29(14)28(36)24-20(37-3)12-21(38-4)25(30)26(24)39-29/h6-9,12,14-15,18,32,35H,10-11,13H2,1-5H3,(H,31,34). The van der Waals surface area contributed by atoms with Gasteiger partial charge >= 0.3 is 0 Å². The van der Waals surface area contributed by atoms with Gasteiger partial charge in [-0.3, -0.25) is 14.4 Å². The van der Waals surface area contributed by atoms with Crippen molar-refractivity contribution in [3.8, 4) is 17.2 Å². The Hall–Kier alpha value is -3.21. The van der Waals surface area contributed by atoms with Gasteiger partial charge in [-0.05, 0) is 30.9 Å². The summed E-state index contributed by atoms with van der Waals surface area (Å²) in [5.41, 5.74) is -1.39. The number of hydrogen-bond donors (Lipinski definition) is 3. The Kier molecular flexibility index (Phi) is 8.72. The molecule has 1 spiro atoms. The van der Waals surface area contributed by atoms with E-state index in [1.54, 1.807) is 19.1 Å². The van der Waals surface area contributed by atoms with Crippen LogP contribution < -0.4 is 19.5 Å². The molecule has 2 aromatic carbocycles. The summed E-state index contributed by atoms with van der Waals surface area (Å²) in [4.78, 5) is 41.6. The van der Waals surface area contributed by atoms with Crippen molar-refractivity contribution >= 4 is 40.8 Å². The zero-order valence-corrected chi connectivity index (χ0v) is 24.4. The Bertz CT molecular complexity index is 1370. The fraction of sp³-hybridized carbons (Fsp3) is 0.414. The number of ketones is 2. The first-order valence-corrected chi connectivity index (χ1v) is 14.3. The molecule has 1 aliphatic carbocycles. The molecular formula is C29H32ClNO8S. The molecule has 4 atom stereocenters. The lowest BCUT2D eigenvalue weighted by Crippen LogP contribution is -2.53. The number of thioether (sulfide) groups is 1. The highest BCUT2D eigenvalue weighted by Gasteiger charge is 2.61. The second kappa shape index (κ2) is 11.7. The van der Waals surface area contributed by atoms with Crippen LogP contribution in [0.4, 0.5) is 0 Å². The molecule has 0 bridgehead atoms. The summed E-state index contributed by atoms with van der Waals surface area (Å²) in [6.07, 6.45) is 0.830. The van der Waals surface area contributed by atoms with Crippen molar-refractivity contribution in [2.75, 3.05) is 27.0 Å². The van der Waals surface area contributed by atoms with Gasteiger partial charge in [0.2, 0.25) is 17.3 Å². The number of fused-ring (bicyclic) bond motifs is 1. The highest BCUT2D eigenvalue weighted by Crippen LogP contribution is 2.55. The number of methoxy groups -OCH3 is 2. The SMILES string of the molecule is COc1cc(OC)c2c(c1Cl)OC1(C2=O)C(O)=C(C(CC(=O)NCC(C)O)c2ccc(SC)cc2)C(=O)CC1C. The Balaban J connectivity index is 1.89. The fourth-order valence-electron chi connectivity index (χ4n) is 5.28. The number of aliphatic hydroxyl groups excluding tert-OH is 2. The summed E-state index contributed by atoms with van der Waals surface area (Å²) >= 11 is 8.06. The maximum atomic E-state index is 14.1. The first-order chi connectivity index (χ1) is 19.0. The van der Waals surface area contributed by atoms with Crippen LogP contribution in [0.3, 0.4) is 0 Å². The van der Waals surface area contributed by atoms with E-state index in [0.717, 1.165) is 4.90 Å². The van der Waals surface area contributed by atoms with Crippen LogP contribution in [-0.4, -0.2) is 66.4 Å². The molecule has 0 fully saturated rings. The highest BCUT2D eigenvalue weighted by molar-refractivity contribution is 7.98. The van der Waals surface area contributed by atoms with Crippen molar-refractivity contribution in [2.45, 2.75) is 49.2 Å². The molecule has 11 heteroatoms. The van der Waals surface area contributed by atoms with E-state index in [4.69, 9.17) is 25.8 Å². The van der Waals surface area contributed by atoms with Crippen LogP contribution in [0.25, 0.3) is 0 Å². The third-order valence-electron chi connectivity index (χ3n) is 7.36. The molecule has 4 rings (SSSR count). The topological polar surface area (TPSA) is 131 Å². The van der Waals surface area contributed by atoms with Crippen LogP contribution in [-0.2, 0) is 9.59 Å². The smallest absolute Gasteiger partial charge is 0.231 e. The summed E-state index contributed by atoms with van der Waals surface area (Å²) in [6.45, 7) is 3.20. The van der Waals surface area contributed by atoms with E-state index in [1.807, 2.05) is 18.4 Å². The molecule has 0 aromatic heterocycles. The maximum absolute atomic E-state index is 14.1. The largest absolute Gasteiger partial charge is 0.507 e. The van der Waals surface area contributed by atoms with E-state index in [9.17, 15) is 24.6 Å². The lowest BCUT2D eigenvalue weighted by atomic mass is 9.69. The zero-order valence-electron chi connectivity index (χ0n) is 22.9. The number of carbonyl (C=O) groups excluding carboxylic acids is 3. The molecule has 0 saturated heterocycles. The van der Waals surface area contributed by atoms with Crippen molar-refractivity contribution in [2.24, 2.45) is 5.92 Å². The van der Waals surface area contributed by atoms with Gasteiger partial charge in [0.25, 0.3) is 0 Å². The van der Waals surface area contributed by atoms with Gasteiger partial charge in [0, 0.05) is 47.8 Å². The number of carbonyl (C=O) groups is 3. The minimum atomic E-state index is -1.96. The Morgan fingerprint density at radius 2 is 1.88 bits per heavy atom. The number of aliphatic hydroxyl groups is 2. The molecule has 1 aliphatic heterocycles. The lowest BCUT2D eigenvalue weighted by Gasteiger charge is -2.38. The van der Waals surface area contributed by atoms with E-state index < -0.39 is 46.8 Å². The van der Waals surface area contributed by atoms with Gasteiger partial charge in [-0.1, -0.05) is 30.7 Å². The summed E-state index contributed by atoms with van der Waals surface area (Å²) in [6, 6.07) is 8.74. The third-order valence-corrected chi connectivity index (χ3v) is 8.46. The number of rotatable bonds is 9. The number of ether oxygens (including phenoxy) is 3. The van der Waals surface area contributed by atoms with Gasteiger partial charge < -0.3 is 29.7 Å². The minimum Gasteiger partial charge on any atom is -0.507 e. The highest BCUT2D eigenvalue weighted by atomic mass is 35.5. The Labute approximate surface area is 241 Å². The molecule has 3 N–H and O–H groups in total. The molecule has 2 aromatic rings. The van der Waals surface area contributed by atoms with Crippen molar-refractivity contribution in [1.29, 1.82) is 0 Å². The van der Waals surface area contributed by atoms with Crippen LogP contribution in [0.1, 0.15) is 48.5 Å². The predicted molar refractivity (Wildman–Crippen MR) is 151 cm³/mol. The summed E-state index contributed by atoms with van der Waals surface area (Å²) in [5.74, 6) is -3.30. The monoisotopic (exact) mass is 589 g/mol. The summed E-state index contributed by atoms with van der Waals surface area (Å²) in [5, 5.41) is 24.2. The van der Waals surface area contributed by atoms with Gasteiger partial charge in [0.05, 0.1) is 20.3 Å². The summed E-state index contributed by atoms with van der Waals surface area (Å²) < 4.78 is 17.0. The number of nitrogens with one attached hydrogen (secondary N) is 1. The van der Waals surface area contributed by atoms with Crippen LogP contribution in [0.2, 0.25) is 5.02 Å². The number of amides is 1. The second-order valence-electron chi connectivity index (χ2n) is 9.94. The predicted octanol–water partition coefficient (Wildman–Crippen LogP) is 4.48. The van der Waals surface area contributed by atoms with E-state index >= 15 is 0 Å². The molecule has 214 valence electrons. The van der Waals surface area contributed by atoms with Crippen LogP contribution >= 0.6 is 23.4 Å². The molecule has 9 nitrogen and oxygen atoms in total. The molecule has 0 saturated carbocycles. The number of benzene rings is 2. The molecule has 1 amide bonds. The Morgan fingerprint density at radius 1 is 1.23 bits per heavy atom. The molecule has 2 aliphatic rings. The first-order valence-electron chi connectivity index (χ1n) is 12.7. The lowest BCUT2D eigenvalue weighted by molar-refractivity contribution is -0.122. The van der Waals surface area contributed by atoms with E-state index in [0.29, 0.717) is 5.56 Å². The number of hydrogen-bond acceptors (Lipinski definition) is 9. The van der Waals surface area contributed by atoms with Crippen LogP contribution in [0, 0.1) is 5.92 Å². The molecule has 40 heavy (non-hydrogen) atoms. The average Bonchev–Trinajstić information content (AvgIpc) is 3.25. The number of allylic oxidation sites excluding steroid dienone is 1. The van der Waals surface area contributed by atoms with Crippen molar-refractivity contribution in [3.63, 3.8) is 0 Å². The summed E-state index contributed by atoms with van der Waals surface area (Å²) in [7, 11) is 2.79. The molecular weight excluding hydrogens is 558 g/mol. The van der Waals surface area contributed by atoms with Gasteiger partial charge in [-0.25, -0.2) is 0 Å². The van der Waals surface area contributed by atoms with E-state index in [1.165, 1.54) is 39.0 Å². The van der Waals surface area contributed by atoms with Crippen LogP contribution in [0.15, 0.2) is 46.6 Å². The fourth-order valence-corrected chi connectivity index (χ4v) is 5.95. The Morgan fingerprint density at radius 3 is 2.45 bits per heavy atom. The maximum Gasteiger partial charge on any atom is 0.231 e. The number of halogens is 1. The molecule has 1 heterocycles. The van der Waals surface area contributed by atoms with Gasteiger partial charge in [0.15, 0.2) is 17.3 Å². The molecule has 0 radical (unpaired) electrons.